The number of nitrogens with one attached hydrogen (secondary N) is 2. The third-order valence-corrected chi connectivity index (χ3v) is 4.77. The lowest BCUT2D eigenvalue weighted by Crippen LogP contribution is -2.33. The number of carbonyl (C=O) groups is 2. The fourth-order valence-electron chi connectivity index (χ4n) is 2.92. The average molecular weight is 423 g/mol. The van der Waals surface area contributed by atoms with E-state index in [2.05, 4.69) is 10.6 Å². The van der Waals surface area contributed by atoms with Gasteiger partial charge in [-0.1, -0.05) is 61.0 Å². The minimum absolute atomic E-state index is 0.137. The summed E-state index contributed by atoms with van der Waals surface area (Å²) in [4.78, 5) is 24.9. The van der Waals surface area contributed by atoms with Gasteiger partial charge < -0.3 is 15.4 Å². The molecule has 30 heavy (non-hydrogen) atoms. The van der Waals surface area contributed by atoms with Crippen molar-refractivity contribution in [1.29, 1.82) is 0 Å². The molecule has 2 N–H and O–H groups in total. The van der Waals surface area contributed by atoms with Crippen LogP contribution in [0, 0.1) is 0 Å². The van der Waals surface area contributed by atoms with Gasteiger partial charge in [-0.05, 0) is 47.9 Å². The Balaban J connectivity index is 1.58. The third-order valence-electron chi connectivity index (χ3n) is 4.52. The molecule has 0 aromatic heterocycles. The Kier molecular flexibility index (Phi) is 7.46. The monoisotopic (exact) mass is 422 g/mol. The van der Waals surface area contributed by atoms with Crippen molar-refractivity contribution in [2.24, 2.45) is 0 Å². The lowest BCUT2D eigenvalue weighted by molar-refractivity contribution is -0.115. The lowest BCUT2D eigenvalue weighted by Gasteiger charge is -2.13. The number of amides is 2. The summed E-state index contributed by atoms with van der Waals surface area (Å²) in [6.45, 7) is 2.19. The van der Waals surface area contributed by atoms with Gasteiger partial charge in [-0.2, -0.15) is 0 Å². The van der Waals surface area contributed by atoms with Crippen molar-refractivity contribution in [3.63, 3.8) is 0 Å². The lowest BCUT2D eigenvalue weighted by atomic mass is 10.1. The molecule has 3 rings (SSSR count). The number of hydrogen-bond donors (Lipinski definition) is 2. The molecule has 154 valence electrons. The predicted octanol–water partition coefficient (Wildman–Crippen LogP) is 4.85. The first-order valence-corrected chi connectivity index (χ1v) is 10.1. The minimum atomic E-state index is -0.374. The van der Waals surface area contributed by atoms with Crippen molar-refractivity contribution in [2.75, 3.05) is 11.9 Å². The number of anilines is 1. The normalized spacial score (nSPS) is 10.3. The summed E-state index contributed by atoms with van der Waals surface area (Å²) in [6, 6.07) is 21.8. The van der Waals surface area contributed by atoms with Gasteiger partial charge in [0.1, 0.15) is 12.4 Å². The summed E-state index contributed by atoms with van der Waals surface area (Å²) in [5.74, 6) is -0.217. The van der Waals surface area contributed by atoms with Gasteiger partial charge in [0.2, 0.25) is 5.91 Å². The summed E-state index contributed by atoms with van der Waals surface area (Å²) >= 11 is 5.90. The van der Waals surface area contributed by atoms with Crippen LogP contribution in [-0.4, -0.2) is 18.4 Å². The van der Waals surface area contributed by atoms with Gasteiger partial charge in [0.25, 0.3) is 5.91 Å². The van der Waals surface area contributed by atoms with Crippen LogP contribution in [0.3, 0.4) is 0 Å². The van der Waals surface area contributed by atoms with Crippen molar-refractivity contribution in [2.45, 2.75) is 20.0 Å². The molecule has 0 aliphatic rings. The molecule has 0 aliphatic carbocycles. The van der Waals surface area contributed by atoms with Crippen molar-refractivity contribution < 1.29 is 14.3 Å². The molecule has 0 saturated heterocycles. The molecule has 0 heterocycles. The van der Waals surface area contributed by atoms with E-state index in [1.807, 2.05) is 43.3 Å². The largest absolute Gasteiger partial charge is 0.488 e. The van der Waals surface area contributed by atoms with Crippen LogP contribution in [-0.2, 0) is 17.8 Å². The van der Waals surface area contributed by atoms with Gasteiger partial charge in [0.15, 0.2) is 0 Å². The molecule has 0 unspecified atom stereocenters. The van der Waals surface area contributed by atoms with Crippen LogP contribution in [0.15, 0.2) is 72.8 Å². The average Bonchev–Trinajstić information content (AvgIpc) is 2.77. The first-order chi connectivity index (χ1) is 14.6. The molecule has 0 fully saturated rings. The molecule has 3 aromatic carbocycles. The van der Waals surface area contributed by atoms with Gasteiger partial charge in [-0.25, -0.2) is 0 Å². The summed E-state index contributed by atoms with van der Waals surface area (Å²) in [5.41, 5.74) is 3.10. The van der Waals surface area contributed by atoms with Crippen LogP contribution in [0.5, 0.6) is 5.75 Å². The van der Waals surface area contributed by atoms with E-state index >= 15 is 0 Å². The zero-order chi connectivity index (χ0) is 21.3. The molecule has 0 atom stereocenters. The van der Waals surface area contributed by atoms with Crippen LogP contribution in [0.1, 0.15) is 28.4 Å². The number of rotatable bonds is 8. The van der Waals surface area contributed by atoms with Crippen LogP contribution in [0.2, 0.25) is 5.02 Å². The molecular formula is C24H23ClN2O3. The molecule has 3 aromatic rings. The Labute approximate surface area is 181 Å². The van der Waals surface area contributed by atoms with Gasteiger partial charge in [-0.15, -0.1) is 0 Å². The second kappa shape index (κ2) is 10.5. The van der Waals surface area contributed by atoms with E-state index in [1.165, 1.54) is 0 Å². The van der Waals surface area contributed by atoms with Crippen molar-refractivity contribution in [1.82, 2.24) is 5.32 Å². The van der Waals surface area contributed by atoms with E-state index in [1.54, 1.807) is 36.4 Å². The molecule has 0 aliphatic heterocycles. The molecule has 0 spiro atoms. The number of hydrogen-bond acceptors (Lipinski definition) is 3. The number of aryl methyl sites for hydroxylation is 1. The highest BCUT2D eigenvalue weighted by molar-refractivity contribution is 6.30. The van der Waals surface area contributed by atoms with E-state index in [0.29, 0.717) is 22.9 Å². The van der Waals surface area contributed by atoms with Gasteiger partial charge in [-0.3, -0.25) is 9.59 Å². The topological polar surface area (TPSA) is 67.4 Å². The molecular weight excluding hydrogens is 400 g/mol. The number of para-hydroxylation sites is 2. The number of halogens is 1. The van der Waals surface area contributed by atoms with E-state index in [4.69, 9.17) is 16.3 Å². The second-order valence-electron chi connectivity index (χ2n) is 6.65. The second-order valence-corrected chi connectivity index (χ2v) is 7.09. The van der Waals surface area contributed by atoms with E-state index in [-0.39, 0.29) is 18.4 Å². The van der Waals surface area contributed by atoms with E-state index in [9.17, 15) is 9.59 Å². The van der Waals surface area contributed by atoms with Crippen LogP contribution in [0.25, 0.3) is 0 Å². The highest BCUT2D eigenvalue weighted by Crippen LogP contribution is 2.20. The quantitative estimate of drug-likeness (QED) is 0.545. The third kappa shape index (κ3) is 5.84. The van der Waals surface area contributed by atoms with Crippen LogP contribution >= 0.6 is 11.6 Å². The fourth-order valence-corrected chi connectivity index (χ4v) is 3.05. The summed E-state index contributed by atoms with van der Waals surface area (Å²) in [5, 5.41) is 6.14. The Hall–Kier alpha value is -3.31. The first kappa shape index (κ1) is 21.4. The smallest absolute Gasteiger partial charge is 0.255 e. The maximum Gasteiger partial charge on any atom is 0.255 e. The molecule has 0 bridgehead atoms. The highest BCUT2D eigenvalue weighted by atomic mass is 35.5. The highest BCUT2D eigenvalue weighted by Gasteiger charge is 2.14. The van der Waals surface area contributed by atoms with E-state index in [0.717, 1.165) is 23.2 Å². The van der Waals surface area contributed by atoms with Crippen molar-refractivity contribution in [3.05, 3.63) is 94.5 Å². The SMILES string of the molecule is CCc1ccccc1NC(=O)CNC(=O)c1ccccc1OCc1ccc(Cl)cc1. The Morgan fingerprint density at radius 3 is 2.40 bits per heavy atom. The number of carbonyl (C=O) groups excluding carboxylic acids is 2. The number of benzene rings is 3. The summed E-state index contributed by atoms with van der Waals surface area (Å²) < 4.78 is 5.81. The Morgan fingerprint density at radius 2 is 1.63 bits per heavy atom. The Bertz CT molecular complexity index is 1020. The molecule has 2 amide bonds. The van der Waals surface area contributed by atoms with Crippen molar-refractivity contribution in [3.8, 4) is 5.75 Å². The molecule has 6 heteroatoms. The number of ether oxygens (including phenoxy) is 1. The molecule has 0 radical (unpaired) electrons. The minimum Gasteiger partial charge on any atom is -0.488 e. The maximum absolute atomic E-state index is 12.6. The molecule has 0 saturated carbocycles. The Morgan fingerprint density at radius 1 is 0.933 bits per heavy atom. The van der Waals surface area contributed by atoms with E-state index < -0.39 is 0 Å². The fraction of sp³-hybridized carbons (Fsp3) is 0.167. The zero-order valence-electron chi connectivity index (χ0n) is 16.7. The van der Waals surface area contributed by atoms with Gasteiger partial charge in [0, 0.05) is 10.7 Å². The van der Waals surface area contributed by atoms with Crippen LogP contribution < -0.4 is 15.4 Å². The van der Waals surface area contributed by atoms with Gasteiger partial charge in [0.05, 0.1) is 12.1 Å². The molecule has 5 nitrogen and oxygen atoms in total. The van der Waals surface area contributed by atoms with Crippen molar-refractivity contribution >= 4 is 29.1 Å². The summed E-state index contributed by atoms with van der Waals surface area (Å²) in [7, 11) is 0. The predicted molar refractivity (Wildman–Crippen MR) is 119 cm³/mol. The summed E-state index contributed by atoms with van der Waals surface area (Å²) in [6.07, 6.45) is 0.807. The standard InChI is InChI=1S/C24H23ClN2O3/c1-2-18-7-3-5-9-21(18)27-23(28)15-26-24(29)20-8-4-6-10-22(20)30-16-17-11-13-19(25)14-12-17/h3-14H,2,15-16H2,1H3,(H,26,29)(H,27,28). The van der Waals surface area contributed by atoms with Crippen LogP contribution in [0.4, 0.5) is 5.69 Å². The van der Waals surface area contributed by atoms with Gasteiger partial charge >= 0.3 is 0 Å². The zero-order valence-corrected chi connectivity index (χ0v) is 17.4. The first-order valence-electron chi connectivity index (χ1n) is 9.69. The maximum atomic E-state index is 12.6.